The van der Waals surface area contributed by atoms with Gasteiger partial charge in [0.15, 0.2) is 5.82 Å². The molecule has 0 unspecified atom stereocenters. The van der Waals surface area contributed by atoms with Gasteiger partial charge in [-0.1, -0.05) is 60.2 Å². The molecule has 0 aliphatic carbocycles. The Morgan fingerprint density at radius 1 is 0.975 bits per heavy atom. The fraction of sp³-hybridized carbons (Fsp3) is 0.0323. The van der Waals surface area contributed by atoms with Crippen LogP contribution in [-0.2, 0) is 4.79 Å². The van der Waals surface area contributed by atoms with E-state index >= 15 is 0 Å². The van der Waals surface area contributed by atoms with Gasteiger partial charge in [-0.2, -0.15) is 9.78 Å². The zero-order valence-electron chi connectivity index (χ0n) is 21.3. The third-order valence-corrected chi connectivity index (χ3v) is 5.96. The fourth-order valence-corrected chi connectivity index (χ4v) is 4.05. The Kier molecular flexibility index (Phi) is 7.36. The van der Waals surface area contributed by atoms with Gasteiger partial charge in [0.2, 0.25) is 0 Å². The van der Waals surface area contributed by atoms with E-state index in [9.17, 15) is 19.7 Å². The lowest BCUT2D eigenvalue weighted by Gasteiger charge is -2.10. The average molecular weight is 531 g/mol. The molecule has 5 aromatic rings. The number of ether oxygens (including phenoxy) is 1. The third-order valence-electron chi connectivity index (χ3n) is 5.96. The minimum absolute atomic E-state index is 0.0828. The molecular formula is C31H22N4O5. The second kappa shape index (κ2) is 11.4. The predicted octanol–water partition coefficient (Wildman–Crippen LogP) is 5.78. The Bertz CT molecular complexity index is 1870. The van der Waals surface area contributed by atoms with Crippen molar-refractivity contribution in [3.63, 3.8) is 0 Å². The normalized spacial score (nSPS) is 11.3. The average Bonchev–Trinajstić information content (AvgIpc) is 2.96. The summed E-state index contributed by atoms with van der Waals surface area (Å²) in [5, 5.41) is 15.9. The van der Waals surface area contributed by atoms with Gasteiger partial charge in [-0.25, -0.2) is 9.78 Å². The maximum atomic E-state index is 13.5. The van der Waals surface area contributed by atoms with Gasteiger partial charge >= 0.3 is 5.97 Å². The smallest absolute Gasteiger partial charge is 0.336 e. The van der Waals surface area contributed by atoms with Gasteiger partial charge in [-0.05, 0) is 48.9 Å². The molecule has 0 fully saturated rings. The van der Waals surface area contributed by atoms with Crippen molar-refractivity contribution < 1.29 is 14.5 Å². The number of benzene rings is 4. The van der Waals surface area contributed by atoms with Gasteiger partial charge in [0, 0.05) is 29.3 Å². The van der Waals surface area contributed by atoms with E-state index in [1.54, 1.807) is 48.5 Å². The molecule has 0 saturated carbocycles. The highest BCUT2D eigenvalue weighted by Crippen LogP contribution is 2.21. The highest BCUT2D eigenvalue weighted by atomic mass is 16.6. The topological polar surface area (TPSA) is 117 Å². The van der Waals surface area contributed by atoms with Gasteiger partial charge in [0.1, 0.15) is 5.75 Å². The zero-order chi connectivity index (χ0) is 28.1. The van der Waals surface area contributed by atoms with Crippen molar-refractivity contribution in [2.75, 3.05) is 0 Å². The number of fused-ring (bicyclic) bond motifs is 1. The lowest BCUT2D eigenvalue weighted by molar-refractivity contribution is -0.384. The molecular weight excluding hydrogens is 508 g/mol. The Morgan fingerprint density at radius 2 is 1.75 bits per heavy atom. The number of carbonyl (C=O) groups is 1. The molecule has 0 atom stereocenters. The molecule has 9 heteroatoms. The number of nitro benzene ring substituents is 1. The monoisotopic (exact) mass is 530 g/mol. The predicted molar refractivity (Wildman–Crippen MR) is 153 cm³/mol. The van der Waals surface area contributed by atoms with E-state index in [0.717, 1.165) is 11.1 Å². The van der Waals surface area contributed by atoms with Crippen LogP contribution in [-0.4, -0.2) is 26.8 Å². The molecule has 0 radical (unpaired) electrons. The van der Waals surface area contributed by atoms with Crippen molar-refractivity contribution in [1.82, 2.24) is 9.66 Å². The van der Waals surface area contributed by atoms with E-state index in [1.165, 1.54) is 41.2 Å². The molecule has 196 valence electrons. The lowest BCUT2D eigenvalue weighted by atomic mass is 10.1. The molecule has 9 nitrogen and oxygen atoms in total. The van der Waals surface area contributed by atoms with E-state index in [-0.39, 0.29) is 17.0 Å². The fourth-order valence-electron chi connectivity index (χ4n) is 4.05. The summed E-state index contributed by atoms with van der Waals surface area (Å²) in [4.78, 5) is 41.2. The summed E-state index contributed by atoms with van der Waals surface area (Å²) < 4.78 is 6.74. The molecule has 0 N–H and O–H groups in total. The Hall–Kier alpha value is -5.70. The first kappa shape index (κ1) is 25.9. The number of hydrogen-bond donors (Lipinski definition) is 0. The number of non-ortho nitro benzene ring substituents is 1. The van der Waals surface area contributed by atoms with Gasteiger partial charge in [0.25, 0.3) is 11.2 Å². The molecule has 0 spiro atoms. The second-order valence-corrected chi connectivity index (χ2v) is 8.83. The number of para-hydroxylation sites is 2. The molecule has 4 aromatic carbocycles. The van der Waals surface area contributed by atoms with Crippen LogP contribution < -0.4 is 10.3 Å². The Balaban J connectivity index is 1.47. The van der Waals surface area contributed by atoms with Crippen LogP contribution in [0.25, 0.3) is 28.4 Å². The first-order chi connectivity index (χ1) is 19.4. The summed E-state index contributed by atoms with van der Waals surface area (Å²) in [5.41, 5.74) is 2.80. The van der Waals surface area contributed by atoms with Crippen LogP contribution >= 0.6 is 0 Å². The molecule has 0 bridgehead atoms. The molecule has 0 saturated heterocycles. The molecule has 0 aliphatic heterocycles. The van der Waals surface area contributed by atoms with Gasteiger partial charge < -0.3 is 4.74 Å². The summed E-state index contributed by atoms with van der Waals surface area (Å²) in [6, 6.07) is 27.3. The number of rotatable bonds is 7. The molecule has 1 heterocycles. The number of carbonyl (C=O) groups excluding carboxylic acids is 1. The van der Waals surface area contributed by atoms with E-state index in [0.29, 0.717) is 27.9 Å². The number of nitrogens with zero attached hydrogens (tertiary/aromatic N) is 4. The summed E-state index contributed by atoms with van der Waals surface area (Å²) in [5.74, 6) is -0.0887. The molecule has 40 heavy (non-hydrogen) atoms. The van der Waals surface area contributed by atoms with Crippen molar-refractivity contribution in [2.24, 2.45) is 5.10 Å². The van der Waals surface area contributed by atoms with Gasteiger partial charge in [0.05, 0.1) is 22.0 Å². The largest absolute Gasteiger partial charge is 0.423 e. The maximum Gasteiger partial charge on any atom is 0.336 e. The van der Waals surface area contributed by atoms with Crippen LogP contribution in [0, 0.1) is 17.0 Å². The van der Waals surface area contributed by atoms with Crippen LogP contribution in [0.3, 0.4) is 0 Å². The number of hydrogen-bond acceptors (Lipinski definition) is 7. The van der Waals surface area contributed by atoms with Gasteiger partial charge in [-0.15, -0.1) is 0 Å². The van der Waals surface area contributed by atoms with Crippen molar-refractivity contribution in [2.45, 2.75) is 6.92 Å². The van der Waals surface area contributed by atoms with E-state index in [4.69, 9.17) is 9.72 Å². The number of aromatic nitrogens is 2. The van der Waals surface area contributed by atoms with Crippen LogP contribution in [0.15, 0.2) is 113 Å². The van der Waals surface area contributed by atoms with Crippen molar-refractivity contribution in [3.05, 3.63) is 140 Å². The number of aryl methyl sites for hydroxylation is 1. The first-order valence-corrected chi connectivity index (χ1v) is 12.3. The molecule has 0 amide bonds. The molecule has 1 aromatic heterocycles. The minimum Gasteiger partial charge on any atom is -0.423 e. The van der Waals surface area contributed by atoms with Crippen LogP contribution in [0.5, 0.6) is 5.75 Å². The SMILES string of the molecule is Cc1cccc(-c2nc3ccccc3c(=O)n2N=Cc2ccccc2OC(=O)/C=C/c2cccc([N+](=O)[O-])c2)c1. The lowest BCUT2D eigenvalue weighted by Crippen LogP contribution is -2.20. The molecule has 0 aliphatic rings. The standard InChI is InChI=1S/C31H22N4O5/c1-21-8-6-11-23(18-21)30-33-27-14-4-3-13-26(27)31(37)34(30)32-20-24-10-2-5-15-28(24)40-29(36)17-16-22-9-7-12-25(19-22)35(38)39/h2-20H,1H3/b17-16+,32-20?. The highest BCUT2D eigenvalue weighted by Gasteiger charge is 2.13. The Labute approximate surface area is 228 Å². The molecule has 5 rings (SSSR count). The first-order valence-electron chi connectivity index (χ1n) is 12.3. The summed E-state index contributed by atoms with van der Waals surface area (Å²) >= 11 is 0. The van der Waals surface area contributed by atoms with Crippen molar-refractivity contribution >= 4 is 34.9 Å². The van der Waals surface area contributed by atoms with Crippen molar-refractivity contribution in [1.29, 1.82) is 0 Å². The zero-order valence-corrected chi connectivity index (χ0v) is 21.3. The van der Waals surface area contributed by atoms with E-state index in [1.807, 2.05) is 37.3 Å². The third kappa shape index (κ3) is 5.73. The summed E-state index contributed by atoms with van der Waals surface area (Å²) in [6.07, 6.45) is 4.05. The summed E-state index contributed by atoms with van der Waals surface area (Å²) in [6.45, 7) is 1.95. The number of nitro groups is 1. The van der Waals surface area contributed by atoms with Crippen LogP contribution in [0.4, 0.5) is 5.69 Å². The maximum absolute atomic E-state index is 13.5. The number of esters is 1. The van der Waals surface area contributed by atoms with Crippen molar-refractivity contribution in [3.8, 4) is 17.1 Å². The van der Waals surface area contributed by atoms with Crippen LogP contribution in [0.2, 0.25) is 0 Å². The highest BCUT2D eigenvalue weighted by molar-refractivity contribution is 5.91. The summed E-state index contributed by atoms with van der Waals surface area (Å²) in [7, 11) is 0. The van der Waals surface area contributed by atoms with Gasteiger partial charge in [-0.3, -0.25) is 14.9 Å². The van der Waals surface area contributed by atoms with Crippen LogP contribution in [0.1, 0.15) is 16.7 Å². The van der Waals surface area contributed by atoms with E-state index < -0.39 is 10.9 Å². The van der Waals surface area contributed by atoms with E-state index in [2.05, 4.69) is 5.10 Å². The second-order valence-electron chi connectivity index (χ2n) is 8.83. The quantitative estimate of drug-likeness (QED) is 0.0657. The Morgan fingerprint density at radius 3 is 2.58 bits per heavy atom. The minimum atomic E-state index is -0.683.